The standard InChI is InChI=1S/C12H13N3O/c1-8-14-11-5-4-9(3-2-6-13)7-10(11)12(16)15-8/h2-5,7H,6,13H2,1H3,(H,14,15,16). The molecular weight excluding hydrogens is 202 g/mol. The molecule has 4 heteroatoms. The van der Waals surface area contributed by atoms with Crippen LogP contribution < -0.4 is 11.3 Å². The largest absolute Gasteiger partial charge is 0.327 e. The number of aromatic nitrogens is 2. The Bertz CT molecular complexity index is 599. The van der Waals surface area contributed by atoms with Gasteiger partial charge in [-0.3, -0.25) is 4.79 Å². The monoisotopic (exact) mass is 215 g/mol. The molecule has 0 unspecified atom stereocenters. The van der Waals surface area contributed by atoms with Crippen LogP contribution in [0, 0.1) is 6.92 Å². The summed E-state index contributed by atoms with van der Waals surface area (Å²) in [5, 5.41) is 0.602. The van der Waals surface area contributed by atoms with Crippen molar-refractivity contribution in [3.63, 3.8) is 0 Å². The predicted molar refractivity (Wildman–Crippen MR) is 65.2 cm³/mol. The lowest BCUT2D eigenvalue weighted by Crippen LogP contribution is -2.09. The number of nitrogens with one attached hydrogen (secondary N) is 1. The molecule has 0 radical (unpaired) electrons. The lowest BCUT2D eigenvalue weighted by molar-refractivity contribution is 1.06. The first-order chi connectivity index (χ1) is 7.70. The smallest absolute Gasteiger partial charge is 0.258 e. The van der Waals surface area contributed by atoms with E-state index in [1.54, 1.807) is 6.92 Å². The van der Waals surface area contributed by atoms with Gasteiger partial charge in [-0.15, -0.1) is 0 Å². The molecule has 2 rings (SSSR count). The highest BCUT2D eigenvalue weighted by molar-refractivity contribution is 5.80. The number of aryl methyl sites for hydroxylation is 1. The van der Waals surface area contributed by atoms with E-state index in [-0.39, 0.29) is 5.56 Å². The Hall–Kier alpha value is -1.94. The molecule has 0 bridgehead atoms. The van der Waals surface area contributed by atoms with Gasteiger partial charge in [0.1, 0.15) is 5.82 Å². The third kappa shape index (κ3) is 2.01. The zero-order valence-corrected chi connectivity index (χ0v) is 9.03. The van der Waals surface area contributed by atoms with E-state index in [2.05, 4.69) is 9.97 Å². The summed E-state index contributed by atoms with van der Waals surface area (Å²) in [7, 11) is 0. The molecule has 0 atom stereocenters. The molecule has 1 aromatic carbocycles. The van der Waals surface area contributed by atoms with Crippen molar-refractivity contribution in [3.05, 3.63) is 46.0 Å². The van der Waals surface area contributed by atoms with Crippen molar-refractivity contribution < 1.29 is 0 Å². The highest BCUT2D eigenvalue weighted by Gasteiger charge is 2.01. The fourth-order valence-corrected chi connectivity index (χ4v) is 1.58. The van der Waals surface area contributed by atoms with Crippen LogP contribution in [-0.4, -0.2) is 16.5 Å². The topological polar surface area (TPSA) is 71.8 Å². The Labute approximate surface area is 92.8 Å². The predicted octanol–water partition coefficient (Wildman–Crippen LogP) is 1.20. The van der Waals surface area contributed by atoms with Gasteiger partial charge in [0.15, 0.2) is 0 Å². The van der Waals surface area contributed by atoms with Crippen LogP contribution >= 0.6 is 0 Å². The van der Waals surface area contributed by atoms with Gasteiger partial charge in [-0.1, -0.05) is 18.2 Å². The number of nitrogens with two attached hydrogens (primary N) is 1. The quantitative estimate of drug-likeness (QED) is 0.790. The molecule has 0 aliphatic heterocycles. The Morgan fingerprint density at radius 2 is 2.31 bits per heavy atom. The first-order valence-electron chi connectivity index (χ1n) is 5.08. The van der Waals surface area contributed by atoms with E-state index >= 15 is 0 Å². The van der Waals surface area contributed by atoms with Crippen LogP contribution in [0.15, 0.2) is 29.1 Å². The molecule has 0 aliphatic carbocycles. The zero-order chi connectivity index (χ0) is 11.5. The van der Waals surface area contributed by atoms with E-state index in [0.717, 1.165) is 5.56 Å². The molecule has 16 heavy (non-hydrogen) atoms. The minimum absolute atomic E-state index is 0.106. The summed E-state index contributed by atoms with van der Waals surface area (Å²) >= 11 is 0. The summed E-state index contributed by atoms with van der Waals surface area (Å²) in [6.07, 6.45) is 3.73. The average Bonchev–Trinajstić information content (AvgIpc) is 2.26. The van der Waals surface area contributed by atoms with E-state index in [4.69, 9.17) is 5.73 Å². The molecule has 0 spiro atoms. The summed E-state index contributed by atoms with van der Waals surface area (Å²) < 4.78 is 0. The van der Waals surface area contributed by atoms with E-state index in [9.17, 15) is 4.79 Å². The number of hydrogen-bond donors (Lipinski definition) is 2. The van der Waals surface area contributed by atoms with E-state index < -0.39 is 0 Å². The van der Waals surface area contributed by atoms with Crippen LogP contribution in [0.4, 0.5) is 0 Å². The fraction of sp³-hybridized carbons (Fsp3) is 0.167. The molecule has 1 aromatic heterocycles. The maximum atomic E-state index is 11.7. The van der Waals surface area contributed by atoms with Gasteiger partial charge >= 0.3 is 0 Å². The molecule has 0 fully saturated rings. The van der Waals surface area contributed by atoms with Crippen LogP contribution in [0.25, 0.3) is 17.0 Å². The van der Waals surface area contributed by atoms with E-state index in [1.807, 2.05) is 30.4 Å². The summed E-state index contributed by atoms with van der Waals surface area (Å²) in [5.41, 5.74) is 6.93. The maximum absolute atomic E-state index is 11.7. The molecule has 0 saturated carbocycles. The molecule has 4 nitrogen and oxygen atoms in total. The Morgan fingerprint density at radius 3 is 3.06 bits per heavy atom. The number of fused-ring (bicyclic) bond motifs is 1. The summed E-state index contributed by atoms with van der Waals surface area (Å²) in [4.78, 5) is 18.6. The highest BCUT2D eigenvalue weighted by Crippen LogP contribution is 2.11. The molecular formula is C12H13N3O. The van der Waals surface area contributed by atoms with E-state index in [1.165, 1.54) is 0 Å². The average molecular weight is 215 g/mol. The minimum Gasteiger partial charge on any atom is -0.327 e. The maximum Gasteiger partial charge on any atom is 0.258 e. The van der Waals surface area contributed by atoms with Crippen molar-refractivity contribution in [2.75, 3.05) is 6.54 Å². The van der Waals surface area contributed by atoms with Crippen molar-refractivity contribution in [2.24, 2.45) is 5.73 Å². The van der Waals surface area contributed by atoms with Crippen molar-refractivity contribution in [3.8, 4) is 0 Å². The van der Waals surface area contributed by atoms with Gasteiger partial charge in [-0.05, 0) is 24.6 Å². The zero-order valence-electron chi connectivity index (χ0n) is 9.03. The van der Waals surface area contributed by atoms with Crippen molar-refractivity contribution in [1.82, 2.24) is 9.97 Å². The third-order valence-electron chi connectivity index (χ3n) is 2.29. The number of hydrogen-bond acceptors (Lipinski definition) is 3. The second kappa shape index (κ2) is 4.28. The van der Waals surface area contributed by atoms with Crippen LogP contribution in [-0.2, 0) is 0 Å². The molecule has 0 saturated heterocycles. The highest BCUT2D eigenvalue weighted by atomic mass is 16.1. The second-order valence-corrected chi connectivity index (χ2v) is 3.57. The number of benzene rings is 1. The number of H-pyrrole nitrogens is 1. The first kappa shape index (κ1) is 10.6. The number of nitrogens with zero attached hydrogens (tertiary/aromatic N) is 1. The van der Waals surface area contributed by atoms with Crippen molar-refractivity contribution in [2.45, 2.75) is 6.92 Å². The lowest BCUT2D eigenvalue weighted by atomic mass is 10.1. The van der Waals surface area contributed by atoms with Crippen LogP contribution in [0.5, 0.6) is 0 Å². The number of aromatic amines is 1. The van der Waals surface area contributed by atoms with Crippen LogP contribution in [0.2, 0.25) is 0 Å². The summed E-state index contributed by atoms with van der Waals surface area (Å²) in [6, 6.07) is 5.57. The van der Waals surface area contributed by atoms with Crippen molar-refractivity contribution >= 4 is 17.0 Å². The van der Waals surface area contributed by atoms with Gasteiger partial charge in [-0.2, -0.15) is 0 Å². The molecule has 2 aromatic rings. The Balaban J connectivity index is 2.62. The number of rotatable bonds is 2. The van der Waals surface area contributed by atoms with Gasteiger partial charge in [0.05, 0.1) is 10.9 Å². The van der Waals surface area contributed by atoms with Gasteiger partial charge < -0.3 is 10.7 Å². The molecule has 0 aliphatic rings. The Morgan fingerprint density at radius 1 is 1.50 bits per heavy atom. The first-order valence-corrected chi connectivity index (χ1v) is 5.08. The van der Waals surface area contributed by atoms with Crippen LogP contribution in [0.1, 0.15) is 11.4 Å². The van der Waals surface area contributed by atoms with E-state index in [0.29, 0.717) is 23.3 Å². The SMILES string of the molecule is Cc1nc2ccc(C=CCN)cc2c(=O)[nH]1. The minimum atomic E-state index is -0.106. The molecule has 82 valence electrons. The summed E-state index contributed by atoms with van der Waals surface area (Å²) in [5.74, 6) is 0.628. The third-order valence-corrected chi connectivity index (χ3v) is 2.29. The fourth-order valence-electron chi connectivity index (χ4n) is 1.58. The van der Waals surface area contributed by atoms with Gasteiger partial charge in [-0.25, -0.2) is 4.98 Å². The molecule has 1 heterocycles. The second-order valence-electron chi connectivity index (χ2n) is 3.57. The lowest BCUT2D eigenvalue weighted by Gasteiger charge is -1.99. The van der Waals surface area contributed by atoms with Crippen LogP contribution in [0.3, 0.4) is 0 Å². The summed E-state index contributed by atoms with van der Waals surface area (Å²) in [6.45, 7) is 2.25. The molecule has 0 amide bonds. The van der Waals surface area contributed by atoms with Crippen molar-refractivity contribution in [1.29, 1.82) is 0 Å². The van der Waals surface area contributed by atoms with Gasteiger partial charge in [0, 0.05) is 6.54 Å². The normalized spacial score (nSPS) is 11.4. The Kier molecular flexibility index (Phi) is 2.83. The van der Waals surface area contributed by atoms with Gasteiger partial charge in [0.25, 0.3) is 5.56 Å². The molecule has 3 N–H and O–H groups in total. The van der Waals surface area contributed by atoms with Gasteiger partial charge in [0.2, 0.25) is 0 Å².